The van der Waals surface area contributed by atoms with E-state index in [2.05, 4.69) is 15.2 Å². The summed E-state index contributed by atoms with van der Waals surface area (Å²) in [6.45, 7) is 0. The van der Waals surface area contributed by atoms with Gasteiger partial charge in [0.15, 0.2) is 0 Å². The smallest absolute Gasteiger partial charge is 0.406 e. The molecule has 0 saturated carbocycles. The van der Waals surface area contributed by atoms with Gasteiger partial charge in [-0.25, -0.2) is 4.68 Å². The number of carbonyl (C=O) groups excluding carboxylic acids is 1. The maximum atomic E-state index is 12.1. The van der Waals surface area contributed by atoms with E-state index >= 15 is 0 Å². The predicted octanol–water partition coefficient (Wildman–Crippen LogP) is 4.42. The van der Waals surface area contributed by atoms with Crippen molar-refractivity contribution in [2.45, 2.75) is 6.36 Å². The molecule has 8 heteroatoms. The molecule has 3 rings (SSSR count). The molecule has 0 fully saturated rings. The van der Waals surface area contributed by atoms with Crippen LogP contribution in [0.15, 0.2) is 73.1 Å². The number of anilines is 1. The lowest BCUT2D eigenvalue weighted by molar-refractivity contribution is -0.274. The number of ether oxygens (including phenoxy) is 1. The van der Waals surface area contributed by atoms with Crippen LogP contribution >= 0.6 is 0 Å². The van der Waals surface area contributed by atoms with E-state index in [0.717, 1.165) is 23.4 Å². The van der Waals surface area contributed by atoms with Crippen molar-refractivity contribution in [3.8, 4) is 11.4 Å². The number of rotatable bonds is 5. The number of nitrogens with zero attached hydrogens (tertiary/aromatic N) is 2. The van der Waals surface area contributed by atoms with Gasteiger partial charge in [0.25, 0.3) is 0 Å². The van der Waals surface area contributed by atoms with Crippen molar-refractivity contribution in [2.75, 3.05) is 5.32 Å². The summed E-state index contributed by atoms with van der Waals surface area (Å²) >= 11 is 0. The number of halogens is 3. The molecule has 2 aromatic carbocycles. The molecule has 0 radical (unpaired) electrons. The predicted molar refractivity (Wildman–Crippen MR) is 94.4 cm³/mol. The van der Waals surface area contributed by atoms with E-state index in [9.17, 15) is 18.0 Å². The van der Waals surface area contributed by atoms with Gasteiger partial charge in [-0.15, -0.1) is 13.2 Å². The third kappa shape index (κ3) is 5.46. The Morgan fingerprint density at radius 1 is 1.07 bits per heavy atom. The number of hydrogen-bond acceptors (Lipinski definition) is 3. The van der Waals surface area contributed by atoms with E-state index in [4.69, 9.17) is 0 Å². The molecule has 0 bridgehead atoms. The van der Waals surface area contributed by atoms with Crippen molar-refractivity contribution in [3.05, 3.63) is 78.6 Å². The number of para-hydroxylation sites is 1. The standard InChI is InChI=1S/C19H14F3N3O2/c20-19(21,22)27-17-9-7-15(8-10-17)24-18(26)11-6-14-12-23-25(13-14)16-4-2-1-3-5-16/h1-13H,(H,24,26)/b11-6+. The summed E-state index contributed by atoms with van der Waals surface area (Å²) in [7, 11) is 0. The van der Waals surface area contributed by atoms with Gasteiger partial charge in [-0.2, -0.15) is 5.10 Å². The van der Waals surface area contributed by atoms with Crippen molar-refractivity contribution < 1.29 is 22.7 Å². The molecule has 1 N–H and O–H groups in total. The van der Waals surface area contributed by atoms with E-state index in [1.807, 2.05) is 30.3 Å². The minimum absolute atomic E-state index is 0.346. The molecule has 138 valence electrons. The Hall–Kier alpha value is -3.55. The highest BCUT2D eigenvalue weighted by Gasteiger charge is 2.30. The van der Waals surface area contributed by atoms with Crippen LogP contribution in [0, 0.1) is 0 Å². The maximum absolute atomic E-state index is 12.1. The molecular weight excluding hydrogens is 359 g/mol. The van der Waals surface area contributed by atoms with Crippen LogP contribution in [-0.2, 0) is 4.79 Å². The van der Waals surface area contributed by atoms with Gasteiger partial charge in [0.2, 0.25) is 5.91 Å². The second-order valence-electron chi connectivity index (χ2n) is 5.45. The largest absolute Gasteiger partial charge is 0.573 e. The molecule has 0 atom stereocenters. The SMILES string of the molecule is O=C(/C=C/c1cnn(-c2ccccc2)c1)Nc1ccc(OC(F)(F)F)cc1. The average Bonchev–Trinajstić information content (AvgIpc) is 3.10. The Morgan fingerprint density at radius 3 is 2.44 bits per heavy atom. The Bertz CT molecular complexity index is 933. The molecule has 0 aliphatic rings. The molecule has 5 nitrogen and oxygen atoms in total. The zero-order valence-corrected chi connectivity index (χ0v) is 13.9. The second-order valence-corrected chi connectivity index (χ2v) is 5.45. The summed E-state index contributed by atoms with van der Waals surface area (Å²) in [5, 5.41) is 6.77. The van der Waals surface area contributed by atoms with Crippen LogP contribution in [0.3, 0.4) is 0 Å². The Labute approximate surface area is 152 Å². The van der Waals surface area contributed by atoms with E-state index in [0.29, 0.717) is 5.69 Å². The number of carbonyl (C=O) groups is 1. The van der Waals surface area contributed by atoms with Crippen molar-refractivity contribution in [1.82, 2.24) is 9.78 Å². The molecule has 0 aliphatic carbocycles. The van der Waals surface area contributed by atoms with Crippen LogP contribution in [0.5, 0.6) is 5.75 Å². The lowest BCUT2D eigenvalue weighted by Gasteiger charge is -2.09. The van der Waals surface area contributed by atoms with Crippen molar-refractivity contribution in [3.63, 3.8) is 0 Å². The fraction of sp³-hybridized carbons (Fsp3) is 0.0526. The fourth-order valence-electron chi connectivity index (χ4n) is 2.24. The minimum atomic E-state index is -4.75. The van der Waals surface area contributed by atoms with Crippen molar-refractivity contribution in [2.24, 2.45) is 0 Å². The zero-order chi connectivity index (χ0) is 19.3. The molecule has 27 heavy (non-hydrogen) atoms. The van der Waals surface area contributed by atoms with Gasteiger partial charge in [0.05, 0.1) is 11.9 Å². The molecule has 0 unspecified atom stereocenters. The summed E-state index contributed by atoms with van der Waals surface area (Å²) in [5.41, 5.74) is 1.96. The lowest BCUT2D eigenvalue weighted by Crippen LogP contribution is -2.17. The quantitative estimate of drug-likeness (QED) is 0.674. The number of benzene rings is 2. The molecular formula is C19H14F3N3O2. The molecule has 3 aromatic rings. The molecule has 0 spiro atoms. The monoisotopic (exact) mass is 373 g/mol. The Balaban J connectivity index is 1.58. The van der Waals surface area contributed by atoms with Crippen LogP contribution in [0.4, 0.5) is 18.9 Å². The molecule has 0 saturated heterocycles. The Kier molecular flexibility index (Phi) is 5.25. The number of alkyl halides is 3. The summed E-state index contributed by atoms with van der Waals surface area (Å²) in [6, 6.07) is 14.4. The first-order valence-electron chi connectivity index (χ1n) is 7.84. The summed E-state index contributed by atoms with van der Waals surface area (Å²) in [6.07, 6.45) is 1.52. The molecule has 0 aliphatic heterocycles. The minimum Gasteiger partial charge on any atom is -0.406 e. The van der Waals surface area contributed by atoms with Gasteiger partial charge in [-0.3, -0.25) is 4.79 Å². The first-order chi connectivity index (χ1) is 12.9. The van der Waals surface area contributed by atoms with E-state index in [1.165, 1.54) is 18.2 Å². The van der Waals surface area contributed by atoms with Crippen LogP contribution in [-0.4, -0.2) is 22.1 Å². The van der Waals surface area contributed by atoms with Gasteiger partial charge < -0.3 is 10.1 Å². The second kappa shape index (κ2) is 7.77. The van der Waals surface area contributed by atoms with Crippen molar-refractivity contribution >= 4 is 17.7 Å². The third-order valence-corrected chi connectivity index (χ3v) is 3.41. The lowest BCUT2D eigenvalue weighted by atomic mass is 10.3. The normalized spacial score (nSPS) is 11.5. The van der Waals surface area contributed by atoms with Gasteiger partial charge in [-0.05, 0) is 42.5 Å². The zero-order valence-electron chi connectivity index (χ0n) is 13.9. The highest BCUT2D eigenvalue weighted by molar-refractivity contribution is 6.01. The fourth-order valence-corrected chi connectivity index (χ4v) is 2.24. The van der Waals surface area contributed by atoms with Gasteiger partial charge in [0.1, 0.15) is 5.75 Å². The first kappa shape index (κ1) is 18.2. The number of nitrogens with one attached hydrogen (secondary N) is 1. The number of amides is 1. The summed E-state index contributed by atoms with van der Waals surface area (Å²) in [5.74, 6) is -0.781. The van der Waals surface area contributed by atoms with Crippen LogP contribution in [0.1, 0.15) is 5.56 Å². The summed E-state index contributed by atoms with van der Waals surface area (Å²) in [4.78, 5) is 11.9. The van der Waals surface area contributed by atoms with Gasteiger partial charge >= 0.3 is 6.36 Å². The van der Waals surface area contributed by atoms with Crippen molar-refractivity contribution in [1.29, 1.82) is 0 Å². The number of aromatic nitrogens is 2. The first-order valence-corrected chi connectivity index (χ1v) is 7.84. The topological polar surface area (TPSA) is 56.2 Å². The maximum Gasteiger partial charge on any atom is 0.573 e. The van der Waals surface area contributed by atoms with E-state index < -0.39 is 12.3 Å². The molecule has 1 heterocycles. The Morgan fingerprint density at radius 2 is 1.78 bits per heavy atom. The third-order valence-electron chi connectivity index (χ3n) is 3.41. The molecule has 1 amide bonds. The van der Waals surface area contributed by atoms with Crippen LogP contribution in [0.25, 0.3) is 11.8 Å². The highest BCUT2D eigenvalue weighted by Crippen LogP contribution is 2.23. The van der Waals surface area contributed by atoms with Gasteiger partial charge in [-0.1, -0.05) is 18.2 Å². The highest BCUT2D eigenvalue weighted by atomic mass is 19.4. The van der Waals surface area contributed by atoms with E-state index in [1.54, 1.807) is 23.2 Å². The summed E-state index contributed by atoms with van der Waals surface area (Å²) < 4.78 is 41.8. The van der Waals surface area contributed by atoms with Gasteiger partial charge in [0, 0.05) is 23.5 Å². The van der Waals surface area contributed by atoms with E-state index in [-0.39, 0.29) is 5.75 Å². The molecule has 1 aromatic heterocycles. The number of hydrogen-bond donors (Lipinski definition) is 1. The average molecular weight is 373 g/mol. The van der Waals surface area contributed by atoms with Crippen LogP contribution < -0.4 is 10.1 Å². The van der Waals surface area contributed by atoms with Crippen LogP contribution in [0.2, 0.25) is 0 Å².